The summed E-state index contributed by atoms with van der Waals surface area (Å²) in [6, 6.07) is 10.8. The van der Waals surface area contributed by atoms with Crippen LogP contribution >= 0.6 is 23.2 Å². The minimum Gasteiger partial charge on any atom is -0.429 e. The third-order valence-electron chi connectivity index (χ3n) is 5.03. The Morgan fingerprint density at radius 3 is 2.43 bits per heavy atom. The summed E-state index contributed by atoms with van der Waals surface area (Å²) in [5.74, 6) is 0.313. The number of hydrogen-bond donors (Lipinski definition) is 0. The first-order chi connectivity index (χ1) is 14.1. The highest BCUT2D eigenvalue weighted by molar-refractivity contribution is 6.42. The van der Waals surface area contributed by atoms with Gasteiger partial charge >= 0.3 is 6.16 Å². The van der Waals surface area contributed by atoms with Crippen molar-refractivity contribution in [2.75, 3.05) is 0 Å². The number of benzene rings is 2. The highest BCUT2D eigenvalue weighted by atomic mass is 35.5. The van der Waals surface area contributed by atoms with Crippen LogP contribution in [0.25, 0.3) is 5.57 Å². The zero-order valence-corrected chi connectivity index (χ0v) is 19.0. The Hall–Kier alpha value is -2.30. The van der Waals surface area contributed by atoms with Gasteiger partial charge in [-0.1, -0.05) is 66.9 Å². The molecule has 158 valence electrons. The predicted octanol–water partition coefficient (Wildman–Crippen LogP) is 7.06. The molecular formula is C24H24Cl2O4. The van der Waals surface area contributed by atoms with Crippen LogP contribution in [0, 0.1) is 19.3 Å². The van der Waals surface area contributed by atoms with Crippen LogP contribution in [0.3, 0.4) is 0 Å². The Kier molecular flexibility index (Phi) is 6.59. The van der Waals surface area contributed by atoms with E-state index in [-0.39, 0.29) is 17.8 Å². The average Bonchev–Trinajstić information content (AvgIpc) is 2.63. The first kappa shape index (κ1) is 22.4. The molecule has 6 heteroatoms. The fraction of sp³-hybridized carbons (Fsp3) is 0.333. The molecule has 2 aromatic rings. The Morgan fingerprint density at radius 1 is 1.03 bits per heavy atom. The molecule has 0 amide bonds. The van der Waals surface area contributed by atoms with E-state index in [1.807, 2.05) is 45.9 Å². The van der Waals surface area contributed by atoms with E-state index in [0.717, 1.165) is 16.7 Å². The number of Topliss-reactive ketones (excluding diaryl/α,β-unsaturated/α-hetero) is 1. The number of halogens is 2. The zero-order chi connectivity index (χ0) is 22.1. The molecule has 0 saturated heterocycles. The van der Waals surface area contributed by atoms with Crippen LogP contribution in [0.4, 0.5) is 4.79 Å². The molecule has 0 unspecified atom stereocenters. The normalized spacial score (nSPS) is 15.9. The number of ether oxygens (including phenoxy) is 2. The summed E-state index contributed by atoms with van der Waals surface area (Å²) in [4.78, 5) is 25.4. The van der Waals surface area contributed by atoms with Gasteiger partial charge in [0, 0.05) is 12.8 Å². The molecule has 4 nitrogen and oxygen atoms in total. The summed E-state index contributed by atoms with van der Waals surface area (Å²) in [5.41, 5.74) is 3.68. The molecule has 0 aromatic heterocycles. The molecule has 0 spiro atoms. The zero-order valence-electron chi connectivity index (χ0n) is 17.5. The van der Waals surface area contributed by atoms with Crippen molar-refractivity contribution >= 4 is 40.7 Å². The van der Waals surface area contributed by atoms with Crippen molar-refractivity contribution in [1.29, 1.82) is 0 Å². The molecule has 0 bridgehead atoms. The van der Waals surface area contributed by atoms with E-state index in [1.165, 1.54) is 0 Å². The van der Waals surface area contributed by atoms with Gasteiger partial charge in [-0.3, -0.25) is 4.79 Å². The van der Waals surface area contributed by atoms with Crippen LogP contribution < -0.4 is 0 Å². The van der Waals surface area contributed by atoms with Crippen LogP contribution in [0.2, 0.25) is 10.0 Å². The lowest BCUT2D eigenvalue weighted by atomic mass is 9.74. The molecule has 2 aromatic carbocycles. The summed E-state index contributed by atoms with van der Waals surface area (Å²) < 4.78 is 10.8. The van der Waals surface area contributed by atoms with E-state index in [9.17, 15) is 9.59 Å². The van der Waals surface area contributed by atoms with Crippen molar-refractivity contribution in [2.24, 2.45) is 5.41 Å². The van der Waals surface area contributed by atoms with Crippen molar-refractivity contribution in [3.05, 3.63) is 74.5 Å². The van der Waals surface area contributed by atoms with Crippen LogP contribution in [0.15, 0.2) is 42.2 Å². The smallest absolute Gasteiger partial charge is 0.429 e. The maximum absolute atomic E-state index is 13.0. The SMILES string of the molecule is Cc1ccc(C2=C(OC(=O)OCc3ccc(Cl)c(Cl)c3)CC(C)(C)CC2=O)c(C)c1. The van der Waals surface area contributed by atoms with Crippen molar-refractivity contribution in [3.63, 3.8) is 0 Å². The van der Waals surface area contributed by atoms with E-state index in [2.05, 4.69) is 0 Å². The van der Waals surface area contributed by atoms with E-state index >= 15 is 0 Å². The van der Waals surface area contributed by atoms with E-state index in [1.54, 1.807) is 18.2 Å². The van der Waals surface area contributed by atoms with Crippen molar-refractivity contribution in [3.8, 4) is 0 Å². The lowest BCUT2D eigenvalue weighted by Gasteiger charge is -2.31. The molecule has 0 saturated carbocycles. The number of rotatable bonds is 4. The van der Waals surface area contributed by atoms with Gasteiger partial charge in [-0.05, 0) is 48.1 Å². The van der Waals surface area contributed by atoms with Crippen molar-refractivity contribution < 1.29 is 19.1 Å². The summed E-state index contributed by atoms with van der Waals surface area (Å²) in [6.07, 6.45) is -0.00627. The number of carbonyl (C=O) groups is 2. The quantitative estimate of drug-likeness (QED) is 0.471. The summed E-state index contributed by atoms with van der Waals surface area (Å²) in [5, 5.41) is 0.805. The maximum Gasteiger partial charge on any atom is 0.513 e. The van der Waals surface area contributed by atoms with Gasteiger partial charge in [-0.25, -0.2) is 4.79 Å². The lowest BCUT2D eigenvalue weighted by molar-refractivity contribution is -0.116. The number of allylic oxidation sites excluding steroid dienone is 2. The summed E-state index contributed by atoms with van der Waals surface area (Å²) in [7, 11) is 0. The van der Waals surface area contributed by atoms with Crippen LogP contribution in [0.5, 0.6) is 0 Å². The second kappa shape index (κ2) is 8.83. The molecule has 0 N–H and O–H groups in total. The highest BCUT2D eigenvalue weighted by Crippen LogP contribution is 2.41. The number of ketones is 1. The molecule has 1 aliphatic carbocycles. The Morgan fingerprint density at radius 2 is 1.77 bits per heavy atom. The molecule has 1 aliphatic rings. The molecule has 0 fully saturated rings. The largest absolute Gasteiger partial charge is 0.513 e. The predicted molar refractivity (Wildman–Crippen MR) is 119 cm³/mol. The van der Waals surface area contributed by atoms with Gasteiger partial charge in [0.05, 0.1) is 15.6 Å². The third-order valence-corrected chi connectivity index (χ3v) is 5.77. The topological polar surface area (TPSA) is 52.6 Å². The fourth-order valence-electron chi connectivity index (χ4n) is 3.65. The Bertz CT molecular complexity index is 1040. The summed E-state index contributed by atoms with van der Waals surface area (Å²) >= 11 is 11.9. The molecule has 30 heavy (non-hydrogen) atoms. The number of hydrogen-bond acceptors (Lipinski definition) is 4. The monoisotopic (exact) mass is 446 g/mol. The van der Waals surface area contributed by atoms with Gasteiger partial charge in [0.25, 0.3) is 0 Å². The molecule has 0 atom stereocenters. The van der Waals surface area contributed by atoms with Gasteiger partial charge in [0.1, 0.15) is 12.4 Å². The number of aryl methyl sites for hydroxylation is 2. The molecular weight excluding hydrogens is 423 g/mol. The van der Waals surface area contributed by atoms with Gasteiger partial charge in [-0.2, -0.15) is 0 Å². The van der Waals surface area contributed by atoms with Crippen LogP contribution in [0.1, 0.15) is 48.9 Å². The average molecular weight is 447 g/mol. The minimum absolute atomic E-state index is 0.0146. The highest BCUT2D eigenvalue weighted by Gasteiger charge is 2.36. The molecule has 0 radical (unpaired) electrons. The van der Waals surface area contributed by atoms with Gasteiger partial charge < -0.3 is 9.47 Å². The first-order valence-electron chi connectivity index (χ1n) is 9.68. The molecule has 0 aliphatic heterocycles. The second-order valence-corrected chi connectivity index (χ2v) is 9.26. The Labute approximate surface area is 186 Å². The standard InChI is InChI=1S/C24H24Cl2O4/c1-14-5-7-17(15(2)9-14)22-20(27)11-24(3,4)12-21(22)30-23(28)29-13-16-6-8-18(25)19(26)10-16/h5-10H,11-13H2,1-4H3. The maximum atomic E-state index is 13.0. The van der Waals surface area contributed by atoms with Gasteiger partial charge in [0.2, 0.25) is 0 Å². The van der Waals surface area contributed by atoms with E-state index in [4.69, 9.17) is 32.7 Å². The lowest BCUT2D eigenvalue weighted by Crippen LogP contribution is -2.27. The van der Waals surface area contributed by atoms with Gasteiger partial charge in [-0.15, -0.1) is 0 Å². The second-order valence-electron chi connectivity index (χ2n) is 8.45. The van der Waals surface area contributed by atoms with Crippen molar-refractivity contribution in [1.82, 2.24) is 0 Å². The molecule has 3 rings (SSSR count). The molecule has 0 heterocycles. The summed E-state index contributed by atoms with van der Waals surface area (Å²) in [6.45, 7) is 7.89. The van der Waals surface area contributed by atoms with Crippen LogP contribution in [-0.4, -0.2) is 11.9 Å². The minimum atomic E-state index is -0.858. The number of carbonyl (C=O) groups excluding carboxylic acids is 2. The van der Waals surface area contributed by atoms with Gasteiger partial charge in [0.15, 0.2) is 5.78 Å². The first-order valence-corrected chi connectivity index (χ1v) is 10.4. The third kappa shape index (κ3) is 5.24. The van der Waals surface area contributed by atoms with Crippen LogP contribution in [-0.2, 0) is 20.9 Å². The Balaban J connectivity index is 1.85. The van der Waals surface area contributed by atoms with E-state index in [0.29, 0.717) is 39.8 Å². The van der Waals surface area contributed by atoms with Crippen molar-refractivity contribution in [2.45, 2.75) is 47.1 Å². The van der Waals surface area contributed by atoms with E-state index < -0.39 is 6.16 Å². The fourth-order valence-corrected chi connectivity index (χ4v) is 3.97.